The average molecular weight is 351 g/mol. The summed E-state index contributed by atoms with van der Waals surface area (Å²) in [7, 11) is 1.63. The van der Waals surface area contributed by atoms with E-state index >= 15 is 0 Å². The molecule has 3 rings (SSSR count). The standard InChI is InChI=1S/C15H15BrN2O3/c1-19-15-11(3-2-4-18-15)8-17-7-10-5-12(16)14-13(6-10)20-9-21-14/h2-6,17H,7-9H2,1H3. The highest BCUT2D eigenvalue weighted by molar-refractivity contribution is 9.10. The van der Waals surface area contributed by atoms with Crippen LogP contribution < -0.4 is 19.5 Å². The third-order valence-electron chi connectivity index (χ3n) is 3.17. The Labute approximate surface area is 131 Å². The minimum Gasteiger partial charge on any atom is -0.481 e. The van der Waals surface area contributed by atoms with Crippen molar-refractivity contribution < 1.29 is 14.2 Å². The molecule has 2 heterocycles. The number of fused-ring (bicyclic) bond motifs is 1. The molecule has 0 bridgehead atoms. The molecule has 1 aromatic heterocycles. The first kappa shape index (κ1) is 14.2. The highest BCUT2D eigenvalue weighted by Crippen LogP contribution is 2.39. The summed E-state index contributed by atoms with van der Waals surface area (Å²) in [5.41, 5.74) is 2.15. The first-order valence-corrected chi connectivity index (χ1v) is 7.34. The van der Waals surface area contributed by atoms with Crippen molar-refractivity contribution in [2.75, 3.05) is 13.9 Å². The van der Waals surface area contributed by atoms with Gasteiger partial charge in [0.05, 0.1) is 11.6 Å². The third kappa shape index (κ3) is 3.11. The Morgan fingerprint density at radius 2 is 2.24 bits per heavy atom. The summed E-state index contributed by atoms with van der Waals surface area (Å²) in [6.45, 7) is 1.67. The van der Waals surface area contributed by atoms with Gasteiger partial charge in [-0.1, -0.05) is 6.07 Å². The summed E-state index contributed by atoms with van der Waals surface area (Å²) in [5, 5.41) is 3.37. The summed E-state index contributed by atoms with van der Waals surface area (Å²) in [5.74, 6) is 2.20. The van der Waals surface area contributed by atoms with Crippen LogP contribution in [0.2, 0.25) is 0 Å². The van der Waals surface area contributed by atoms with Gasteiger partial charge in [0.1, 0.15) is 0 Å². The molecule has 6 heteroatoms. The van der Waals surface area contributed by atoms with Crippen LogP contribution in [0.25, 0.3) is 0 Å². The predicted octanol–water partition coefficient (Wildman–Crippen LogP) is 2.87. The molecule has 1 aliphatic heterocycles. The topological polar surface area (TPSA) is 52.6 Å². The van der Waals surface area contributed by atoms with E-state index in [4.69, 9.17) is 14.2 Å². The van der Waals surface area contributed by atoms with Crippen molar-refractivity contribution in [3.63, 3.8) is 0 Å². The van der Waals surface area contributed by atoms with Gasteiger partial charge in [0.15, 0.2) is 11.5 Å². The van der Waals surface area contributed by atoms with Crippen molar-refractivity contribution in [1.29, 1.82) is 0 Å². The fraction of sp³-hybridized carbons (Fsp3) is 0.267. The Balaban J connectivity index is 1.65. The maximum atomic E-state index is 5.41. The van der Waals surface area contributed by atoms with E-state index in [-0.39, 0.29) is 6.79 Å². The van der Waals surface area contributed by atoms with Gasteiger partial charge in [-0.25, -0.2) is 4.98 Å². The fourth-order valence-electron chi connectivity index (χ4n) is 2.21. The van der Waals surface area contributed by atoms with E-state index in [2.05, 4.69) is 26.2 Å². The number of aromatic nitrogens is 1. The number of ether oxygens (including phenoxy) is 3. The molecular formula is C15H15BrN2O3. The molecule has 21 heavy (non-hydrogen) atoms. The molecule has 0 saturated heterocycles. The van der Waals surface area contributed by atoms with Crippen molar-refractivity contribution >= 4 is 15.9 Å². The normalized spacial score (nSPS) is 12.5. The van der Waals surface area contributed by atoms with Crippen molar-refractivity contribution in [3.8, 4) is 17.4 Å². The molecule has 1 N–H and O–H groups in total. The zero-order chi connectivity index (χ0) is 14.7. The van der Waals surface area contributed by atoms with Crippen molar-refractivity contribution in [1.82, 2.24) is 10.3 Å². The number of nitrogens with one attached hydrogen (secondary N) is 1. The summed E-state index contributed by atoms with van der Waals surface area (Å²) < 4.78 is 16.9. The number of methoxy groups -OCH3 is 1. The van der Waals surface area contributed by atoms with Gasteiger partial charge in [0.25, 0.3) is 0 Å². The molecule has 0 unspecified atom stereocenters. The first-order chi connectivity index (χ1) is 10.3. The lowest BCUT2D eigenvalue weighted by atomic mass is 10.2. The number of nitrogens with zero attached hydrogens (tertiary/aromatic N) is 1. The van der Waals surface area contributed by atoms with E-state index in [1.807, 2.05) is 24.3 Å². The van der Waals surface area contributed by atoms with Gasteiger partial charge >= 0.3 is 0 Å². The summed E-state index contributed by atoms with van der Waals surface area (Å²) >= 11 is 3.49. The summed E-state index contributed by atoms with van der Waals surface area (Å²) in [6, 6.07) is 7.91. The molecule has 0 saturated carbocycles. The number of halogens is 1. The quantitative estimate of drug-likeness (QED) is 0.898. The predicted molar refractivity (Wildman–Crippen MR) is 81.6 cm³/mol. The van der Waals surface area contributed by atoms with Gasteiger partial charge in [-0.3, -0.25) is 0 Å². The highest BCUT2D eigenvalue weighted by Gasteiger charge is 2.17. The highest BCUT2D eigenvalue weighted by atomic mass is 79.9. The van der Waals surface area contributed by atoms with Crippen LogP contribution in [0.4, 0.5) is 0 Å². The van der Waals surface area contributed by atoms with E-state index < -0.39 is 0 Å². The fourth-order valence-corrected chi connectivity index (χ4v) is 2.81. The van der Waals surface area contributed by atoms with Crippen LogP contribution in [0.1, 0.15) is 11.1 Å². The lowest BCUT2D eigenvalue weighted by Crippen LogP contribution is -2.13. The third-order valence-corrected chi connectivity index (χ3v) is 3.76. The molecule has 1 aromatic carbocycles. The second-order valence-electron chi connectivity index (χ2n) is 4.59. The van der Waals surface area contributed by atoms with Crippen LogP contribution >= 0.6 is 15.9 Å². The minimum absolute atomic E-state index is 0.275. The van der Waals surface area contributed by atoms with Gasteiger partial charge in [0.2, 0.25) is 12.7 Å². The lowest BCUT2D eigenvalue weighted by molar-refractivity contribution is 0.173. The molecule has 110 valence electrons. The maximum absolute atomic E-state index is 5.41. The Morgan fingerprint density at radius 1 is 1.33 bits per heavy atom. The van der Waals surface area contributed by atoms with Crippen LogP contribution in [0.15, 0.2) is 34.9 Å². The van der Waals surface area contributed by atoms with Crippen LogP contribution in [-0.4, -0.2) is 18.9 Å². The van der Waals surface area contributed by atoms with Crippen LogP contribution in [0.3, 0.4) is 0 Å². The molecule has 1 aliphatic rings. The van der Waals surface area contributed by atoms with Crippen molar-refractivity contribution in [3.05, 3.63) is 46.1 Å². The van der Waals surface area contributed by atoms with E-state index in [0.29, 0.717) is 19.0 Å². The monoisotopic (exact) mass is 350 g/mol. The van der Waals surface area contributed by atoms with E-state index in [1.54, 1.807) is 13.3 Å². The molecular weight excluding hydrogens is 336 g/mol. The van der Waals surface area contributed by atoms with Gasteiger partial charge in [-0.15, -0.1) is 0 Å². The number of hydrogen-bond acceptors (Lipinski definition) is 5. The van der Waals surface area contributed by atoms with E-state index in [9.17, 15) is 0 Å². The van der Waals surface area contributed by atoms with Crippen molar-refractivity contribution in [2.24, 2.45) is 0 Å². The SMILES string of the molecule is COc1ncccc1CNCc1cc(Br)c2c(c1)OCO2. The second kappa shape index (κ2) is 6.32. The van der Waals surface area contributed by atoms with Crippen LogP contribution in [0.5, 0.6) is 17.4 Å². The number of hydrogen-bond donors (Lipinski definition) is 1. The Morgan fingerprint density at radius 3 is 3.10 bits per heavy atom. The van der Waals surface area contributed by atoms with Gasteiger partial charge < -0.3 is 19.5 Å². The molecule has 0 atom stereocenters. The maximum Gasteiger partial charge on any atom is 0.231 e. The Bertz CT molecular complexity index is 649. The van der Waals surface area contributed by atoms with Gasteiger partial charge in [0, 0.05) is 24.8 Å². The summed E-state index contributed by atoms with van der Waals surface area (Å²) in [6.07, 6.45) is 1.72. The number of rotatable bonds is 5. The molecule has 0 spiro atoms. The van der Waals surface area contributed by atoms with Crippen molar-refractivity contribution in [2.45, 2.75) is 13.1 Å². The average Bonchev–Trinajstić information content (AvgIpc) is 2.97. The summed E-state index contributed by atoms with van der Waals surface area (Å²) in [4.78, 5) is 4.18. The smallest absolute Gasteiger partial charge is 0.231 e. The van der Waals surface area contributed by atoms with Gasteiger partial charge in [-0.05, 0) is 39.7 Å². The molecule has 0 amide bonds. The Hall–Kier alpha value is -1.79. The van der Waals surface area contributed by atoms with Crippen LogP contribution in [-0.2, 0) is 13.1 Å². The van der Waals surface area contributed by atoms with E-state index in [0.717, 1.165) is 27.1 Å². The molecule has 0 radical (unpaired) electrons. The largest absolute Gasteiger partial charge is 0.481 e. The number of pyridine rings is 1. The minimum atomic E-state index is 0.275. The second-order valence-corrected chi connectivity index (χ2v) is 5.44. The number of benzene rings is 1. The molecule has 0 aliphatic carbocycles. The zero-order valence-electron chi connectivity index (χ0n) is 11.6. The van der Waals surface area contributed by atoms with Gasteiger partial charge in [-0.2, -0.15) is 0 Å². The molecule has 5 nitrogen and oxygen atoms in total. The van der Waals surface area contributed by atoms with Crippen LogP contribution in [0, 0.1) is 0 Å². The molecule has 0 fully saturated rings. The Kier molecular flexibility index (Phi) is 4.26. The molecule has 2 aromatic rings. The first-order valence-electron chi connectivity index (χ1n) is 6.54. The lowest BCUT2D eigenvalue weighted by Gasteiger charge is -2.09. The van der Waals surface area contributed by atoms with E-state index in [1.165, 1.54) is 0 Å². The zero-order valence-corrected chi connectivity index (χ0v) is 13.1.